The van der Waals surface area contributed by atoms with Crippen molar-refractivity contribution in [2.24, 2.45) is 5.92 Å². The van der Waals surface area contributed by atoms with Crippen LogP contribution in [0.25, 0.3) is 0 Å². The van der Waals surface area contributed by atoms with E-state index in [0.717, 1.165) is 3.57 Å². The molecule has 4 nitrogen and oxygen atoms in total. The molecule has 0 aromatic heterocycles. The molecule has 2 atom stereocenters. The van der Waals surface area contributed by atoms with Crippen LogP contribution in [0.1, 0.15) is 29.6 Å². The summed E-state index contributed by atoms with van der Waals surface area (Å²) in [5, 5.41) is 12.3. The summed E-state index contributed by atoms with van der Waals surface area (Å²) in [6.07, 6.45) is 1.82. The minimum atomic E-state index is -0.783. The van der Waals surface area contributed by atoms with Gasteiger partial charge in [0.2, 0.25) is 0 Å². The van der Waals surface area contributed by atoms with E-state index in [0.29, 0.717) is 29.8 Å². The van der Waals surface area contributed by atoms with Crippen LogP contribution in [0, 0.1) is 9.49 Å². The summed E-state index contributed by atoms with van der Waals surface area (Å²) in [6, 6.07) is 5.08. The number of rotatable bonds is 3. The number of nitrogens with one attached hydrogen (secondary N) is 1. The van der Waals surface area contributed by atoms with Gasteiger partial charge in [0.25, 0.3) is 5.91 Å². The number of carbonyl (C=O) groups excluding carboxylic acids is 1. The van der Waals surface area contributed by atoms with Gasteiger partial charge in [-0.1, -0.05) is 11.6 Å². The van der Waals surface area contributed by atoms with E-state index in [1.54, 1.807) is 18.2 Å². The third-order valence-electron chi connectivity index (χ3n) is 3.29. The van der Waals surface area contributed by atoms with Crippen molar-refractivity contribution in [2.75, 3.05) is 0 Å². The molecule has 1 saturated carbocycles. The van der Waals surface area contributed by atoms with E-state index in [-0.39, 0.29) is 17.9 Å². The zero-order valence-corrected chi connectivity index (χ0v) is 12.9. The van der Waals surface area contributed by atoms with Gasteiger partial charge >= 0.3 is 5.97 Å². The molecule has 2 N–H and O–H groups in total. The summed E-state index contributed by atoms with van der Waals surface area (Å²) >= 11 is 7.96. The topological polar surface area (TPSA) is 66.4 Å². The molecule has 1 amide bonds. The Balaban J connectivity index is 2.02. The molecular weight excluding hydrogens is 381 g/mol. The number of halogens is 2. The Morgan fingerprint density at radius 3 is 2.74 bits per heavy atom. The SMILES string of the molecule is O=C(NC1CCC(C(=O)O)C1)c1cc(Cl)ccc1I. The fraction of sp³-hybridized carbons (Fsp3) is 0.385. The van der Waals surface area contributed by atoms with Crippen LogP contribution in [0.2, 0.25) is 5.02 Å². The van der Waals surface area contributed by atoms with Crippen LogP contribution < -0.4 is 5.32 Å². The van der Waals surface area contributed by atoms with Crippen LogP contribution in [0.3, 0.4) is 0 Å². The molecule has 1 aliphatic rings. The van der Waals surface area contributed by atoms with Gasteiger partial charge in [0, 0.05) is 14.6 Å². The van der Waals surface area contributed by atoms with E-state index in [1.807, 2.05) is 0 Å². The second kappa shape index (κ2) is 6.09. The minimum absolute atomic E-state index is 0.0663. The highest BCUT2D eigenvalue weighted by Crippen LogP contribution is 2.26. The van der Waals surface area contributed by atoms with Crippen LogP contribution in [0.4, 0.5) is 0 Å². The quantitative estimate of drug-likeness (QED) is 0.776. The fourth-order valence-corrected chi connectivity index (χ4v) is 3.02. The lowest BCUT2D eigenvalue weighted by Gasteiger charge is -2.13. The van der Waals surface area contributed by atoms with Gasteiger partial charge in [0.05, 0.1) is 11.5 Å². The number of hydrogen-bond donors (Lipinski definition) is 2. The third-order valence-corrected chi connectivity index (χ3v) is 4.47. The van der Waals surface area contributed by atoms with Crippen LogP contribution in [0.15, 0.2) is 18.2 Å². The molecule has 2 rings (SSSR count). The molecule has 0 heterocycles. The molecule has 0 spiro atoms. The fourth-order valence-electron chi connectivity index (χ4n) is 2.27. The normalized spacial score (nSPS) is 22.2. The van der Waals surface area contributed by atoms with Crippen LogP contribution in [-0.4, -0.2) is 23.0 Å². The first-order valence-electron chi connectivity index (χ1n) is 5.96. The van der Waals surface area contributed by atoms with Crippen molar-refractivity contribution in [2.45, 2.75) is 25.3 Å². The molecule has 1 aromatic rings. The molecule has 0 radical (unpaired) electrons. The number of benzene rings is 1. The highest BCUT2D eigenvalue weighted by atomic mass is 127. The Morgan fingerprint density at radius 2 is 2.11 bits per heavy atom. The number of amides is 1. The highest BCUT2D eigenvalue weighted by molar-refractivity contribution is 14.1. The van der Waals surface area contributed by atoms with Gasteiger partial charge < -0.3 is 10.4 Å². The number of carbonyl (C=O) groups is 2. The van der Waals surface area contributed by atoms with E-state index in [1.165, 1.54) is 0 Å². The molecule has 19 heavy (non-hydrogen) atoms. The first-order chi connectivity index (χ1) is 8.97. The number of carboxylic acid groups (broad SMARTS) is 1. The third kappa shape index (κ3) is 3.60. The molecule has 0 bridgehead atoms. The van der Waals surface area contributed by atoms with Crippen molar-refractivity contribution in [3.05, 3.63) is 32.4 Å². The average Bonchev–Trinajstić information content (AvgIpc) is 2.80. The molecular formula is C13H13ClINO3. The molecule has 0 aliphatic heterocycles. The monoisotopic (exact) mass is 393 g/mol. The molecule has 1 aromatic carbocycles. The van der Waals surface area contributed by atoms with Crippen LogP contribution in [0.5, 0.6) is 0 Å². The zero-order valence-electron chi connectivity index (χ0n) is 10.0. The zero-order chi connectivity index (χ0) is 14.0. The Labute approximate surface area is 129 Å². The van der Waals surface area contributed by atoms with E-state index in [2.05, 4.69) is 27.9 Å². The van der Waals surface area contributed by atoms with E-state index >= 15 is 0 Å². The van der Waals surface area contributed by atoms with Crippen molar-refractivity contribution in [1.82, 2.24) is 5.32 Å². The summed E-state index contributed by atoms with van der Waals surface area (Å²) in [5.74, 6) is -1.32. The molecule has 2 unspecified atom stereocenters. The molecule has 1 aliphatic carbocycles. The lowest BCUT2D eigenvalue weighted by atomic mass is 10.1. The van der Waals surface area contributed by atoms with Gasteiger partial charge in [-0.15, -0.1) is 0 Å². The van der Waals surface area contributed by atoms with Gasteiger partial charge in [-0.2, -0.15) is 0 Å². The van der Waals surface area contributed by atoms with E-state index in [4.69, 9.17) is 16.7 Å². The van der Waals surface area contributed by atoms with Gasteiger partial charge in [-0.25, -0.2) is 0 Å². The van der Waals surface area contributed by atoms with Crippen molar-refractivity contribution >= 4 is 46.1 Å². The Bertz CT molecular complexity index is 521. The summed E-state index contributed by atoms with van der Waals surface area (Å²) in [5.41, 5.74) is 0.534. The maximum absolute atomic E-state index is 12.1. The minimum Gasteiger partial charge on any atom is -0.481 e. The Hall–Kier alpha value is -0.820. The first-order valence-corrected chi connectivity index (χ1v) is 7.41. The first kappa shape index (κ1) is 14.6. The predicted octanol–water partition coefficient (Wildman–Crippen LogP) is 2.93. The summed E-state index contributed by atoms with van der Waals surface area (Å²) < 4.78 is 0.826. The molecule has 6 heteroatoms. The van der Waals surface area contributed by atoms with Gasteiger partial charge in [-0.3, -0.25) is 9.59 Å². The van der Waals surface area contributed by atoms with Crippen LogP contribution in [-0.2, 0) is 4.79 Å². The number of carboxylic acids is 1. The van der Waals surface area contributed by atoms with Gasteiger partial charge in [0.1, 0.15) is 0 Å². The van der Waals surface area contributed by atoms with Crippen molar-refractivity contribution < 1.29 is 14.7 Å². The summed E-state index contributed by atoms with van der Waals surface area (Å²) in [7, 11) is 0. The molecule has 102 valence electrons. The molecule has 0 saturated heterocycles. The van der Waals surface area contributed by atoms with E-state index in [9.17, 15) is 9.59 Å². The lowest BCUT2D eigenvalue weighted by molar-refractivity contribution is -0.141. The lowest BCUT2D eigenvalue weighted by Crippen LogP contribution is -2.33. The summed E-state index contributed by atoms with van der Waals surface area (Å²) in [4.78, 5) is 23.0. The maximum Gasteiger partial charge on any atom is 0.306 e. The van der Waals surface area contributed by atoms with Crippen molar-refractivity contribution in [3.63, 3.8) is 0 Å². The standard InChI is InChI=1S/C13H13ClINO3/c14-8-2-4-11(15)10(6-8)12(17)16-9-3-1-7(5-9)13(18)19/h2,4,6-7,9H,1,3,5H2,(H,16,17)(H,18,19). The number of aliphatic carboxylic acids is 1. The second-order valence-corrected chi connectivity index (χ2v) is 6.24. The molecule has 1 fully saturated rings. The number of hydrogen-bond acceptors (Lipinski definition) is 2. The Kier molecular flexibility index (Phi) is 4.67. The maximum atomic E-state index is 12.1. The average molecular weight is 394 g/mol. The second-order valence-electron chi connectivity index (χ2n) is 4.64. The summed E-state index contributed by atoms with van der Waals surface area (Å²) in [6.45, 7) is 0. The largest absolute Gasteiger partial charge is 0.481 e. The van der Waals surface area contributed by atoms with Gasteiger partial charge in [-0.05, 0) is 60.1 Å². The highest BCUT2D eigenvalue weighted by Gasteiger charge is 2.30. The van der Waals surface area contributed by atoms with Crippen molar-refractivity contribution in [1.29, 1.82) is 0 Å². The van der Waals surface area contributed by atoms with Gasteiger partial charge in [0.15, 0.2) is 0 Å². The Morgan fingerprint density at radius 1 is 1.37 bits per heavy atom. The predicted molar refractivity (Wildman–Crippen MR) is 80.4 cm³/mol. The van der Waals surface area contributed by atoms with E-state index < -0.39 is 5.97 Å². The smallest absolute Gasteiger partial charge is 0.306 e. The van der Waals surface area contributed by atoms with Crippen molar-refractivity contribution in [3.8, 4) is 0 Å². The van der Waals surface area contributed by atoms with Crippen LogP contribution >= 0.6 is 34.2 Å².